The van der Waals surface area contributed by atoms with Gasteiger partial charge in [0.1, 0.15) is 5.01 Å². The molecule has 0 aliphatic carbocycles. The molecule has 0 amide bonds. The highest BCUT2D eigenvalue weighted by molar-refractivity contribution is 7.18. The summed E-state index contributed by atoms with van der Waals surface area (Å²) in [7, 11) is 0. The van der Waals surface area contributed by atoms with Gasteiger partial charge < -0.3 is 0 Å². The maximum atomic E-state index is 6.06. The molecule has 0 atom stereocenters. The molecule has 100 valence electrons. The van der Waals surface area contributed by atoms with Gasteiger partial charge in [-0.05, 0) is 42.3 Å². The van der Waals surface area contributed by atoms with Gasteiger partial charge in [0.05, 0.1) is 4.88 Å². The molecule has 0 saturated heterocycles. The van der Waals surface area contributed by atoms with E-state index in [2.05, 4.69) is 11.1 Å². The minimum Gasteiger partial charge on any atom is -0.244 e. The minimum atomic E-state index is 0.735. The molecular formula is C16H11Cl2NS. The Kier molecular flexibility index (Phi) is 3.79. The molecule has 1 nitrogen and oxygen atoms in total. The van der Waals surface area contributed by atoms with Crippen molar-refractivity contribution < 1.29 is 0 Å². The molecule has 0 bridgehead atoms. The van der Waals surface area contributed by atoms with E-state index in [1.807, 2.05) is 49.5 Å². The number of aryl methyl sites for hydroxylation is 1. The summed E-state index contributed by atoms with van der Waals surface area (Å²) in [5.74, 6) is 0. The largest absolute Gasteiger partial charge is 0.244 e. The van der Waals surface area contributed by atoms with Crippen molar-refractivity contribution in [2.75, 3.05) is 0 Å². The van der Waals surface area contributed by atoms with Crippen molar-refractivity contribution in [3.8, 4) is 21.0 Å². The van der Waals surface area contributed by atoms with E-state index in [9.17, 15) is 0 Å². The van der Waals surface area contributed by atoms with Crippen LogP contribution < -0.4 is 0 Å². The quantitative estimate of drug-likeness (QED) is 0.556. The van der Waals surface area contributed by atoms with Crippen molar-refractivity contribution in [2.24, 2.45) is 0 Å². The number of aromatic nitrogens is 1. The molecule has 0 unspecified atom stereocenters. The molecule has 0 saturated carbocycles. The summed E-state index contributed by atoms with van der Waals surface area (Å²) in [6, 6.07) is 13.8. The van der Waals surface area contributed by atoms with Crippen LogP contribution in [-0.4, -0.2) is 4.98 Å². The SMILES string of the molecule is Cc1cc(-c2cnc(-c3ccc(Cl)cc3)s2)ccc1Cl. The van der Waals surface area contributed by atoms with E-state index in [1.165, 1.54) is 0 Å². The summed E-state index contributed by atoms with van der Waals surface area (Å²) in [5.41, 5.74) is 3.30. The minimum absolute atomic E-state index is 0.735. The first-order valence-electron chi connectivity index (χ1n) is 6.12. The Balaban J connectivity index is 1.97. The first-order chi connectivity index (χ1) is 9.63. The molecule has 1 heterocycles. The fraction of sp³-hybridized carbons (Fsp3) is 0.0625. The fourth-order valence-corrected chi connectivity index (χ4v) is 3.09. The zero-order valence-corrected chi connectivity index (χ0v) is 13.1. The van der Waals surface area contributed by atoms with Gasteiger partial charge in [0.2, 0.25) is 0 Å². The Morgan fingerprint density at radius 1 is 0.950 bits per heavy atom. The van der Waals surface area contributed by atoms with Crippen LogP contribution in [0.5, 0.6) is 0 Å². The number of benzene rings is 2. The Morgan fingerprint density at radius 3 is 2.35 bits per heavy atom. The maximum Gasteiger partial charge on any atom is 0.123 e. The second kappa shape index (κ2) is 5.57. The molecule has 4 heteroatoms. The molecule has 1 aromatic heterocycles. The van der Waals surface area contributed by atoms with Crippen LogP contribution in [0.15, 0.2) is 48.7 Å². The molecule has 20 heavy (non-hydrogen) atoms. The van der Waals surface area contributed by atoms with E-state index in [4.69, 9.17) is 23.2 Å². The van der Waals surface area contributed by atoms with E-state index in [0.717, 1.165) is 36.6 Å². The molecule has 0 fully saturated rings. The normalized spacial score (nSPS) is 10.8. The zero-order valence-electron chi connectivity index (χ0n) is 10.7. The third-order valence-electron chi connectivity index (χ3n) is 3.04. The highest BCUT2D eigenvalue weighted by atomic mass is 35.5. The average Bonchev–Trinajstić information content (AvgIpc) is 2.92. The molecule has 3 rings (SSSR count). The average molecular weight is 320 g/mol. The Labute approximate surface area is 131 Å². The van der Waals surface area contributed by atoms with Gasteiger partial charge in [-0.25, -0.2) is 4.98 Å². The Hall–Kier alpha value is -1.35. The predicted molar refractivity (Wildman–Crippen MR) is 87.7 cm³/mol. The fourth-order valence-electron chi connectivity index (χ4n) is 1.93. The monoisotopic (exact) mass is 319 g/mol. The van der Waals surface area contributed by atoms with E-state index in [1.54, 1.807) is 11.3 Å². The molecule has 0 aliphatic heterocycles. The molecule has 2 aromatic carbocycles. The second-order valence-corrected chi connectivity index (χ2v) is 6.37. The lowest BCUT2D eigenvalue weighted by atomic mass is 10.1. The number of hydrogen-bond donors (Lipinski definition) is 0. The zero-order chi connectivity index (χ0) is 14.1. The molecular weight excluding hydrogens is 309 g/mol. The molecule has 0 radical (unpaired) electrons. The summed E-state index contributed by atoms with van der Waals surface area (Å²) in [6.07, 6.45) is 1.90. The summed E-state index contributed by atoms with van der Waals surface area (Å²) < 4.78 is 0. The van der Waals surface area contributed by atoms with E-state index in [-0.39, 0.29) is 0 Å². The first kappa shape index (κ1) is 13.6. The highest BCUT2D eigenvalue weighted by Crippen LogP contribution is 2.33. The summed E-state index contributed by atoms with van der Waals surface area (Å²) in [6.45, 7) is 2.01. The van der Waals surface area contributed by atoms with E-state index < -0.39 is 0 Å². The van der Waals surface area contributed by atoms with Crippen LogP contribution in [0.3, 0.4) is 0 Å². The molecule has 0 N–H and O–H groups in total. The number of hydrogen-bond acceptors (Lipinski definition) is 2. The second-order valence-electron chi connectivity index (χ2n) is 4.50. The summed E-state index contributed by atoms with van der Waals surface area (Å²) >= 11 is 13.6. The summed E-state index contributed by atoms with van der Waals surface area (Å²) in [5, 5.41) is 2.51. The standard InChI is InChI=1S/C16H11Cl2NS/c1-10-8-12(4-7-14(10)18)15-9-19-16(20-15)11-2-5-13(17)6-3-11/h2-9H,1H3. The van der Waals surface area contributed by atoms with Crippen LogP contribution in [0.1, 0.15) is 5.56 Å². The van der Waals surface area contributed by atoms with Gasteiger partial charge >= 0.3 is 0 Å². The third-order valence-corrected chi connectivity index (χ3v) is 4.81. The van der Waals surface area contributed by atoms with Gasteiger partial charge in [-0.15, -0.1) is 11.3 Å². The maximum absolute atomic E-state index is 6.06. The Morgan fingerprint density at radius 2 is 1.65 bits per heavy atom. The van der Waals surface area contributed by atoms with Gasteiger partial charge in [0.15, 0.2) is 0 Å². The molecule has 0 spiro atoms. The van der Waals surface area contributed by atoms with Crippen LogP contribution in [0.4, 0.5) is 0 Å². The van der Waals surface area contributed by atoms with E-state index in [0.29, 0.717) is 0 Å². The predicted octanol–water partition coefficient (Wildman–Crippen LogP) is 6.09. The van der Waals surface area contributed by atoms with Crippen LogP contribution in [-0.2, 0) is 0 Å². The van der Waals surface area contributed by atoms with Crippen LogP contribution in [0.2, 0.25) is 10.0 Å². The van der Waals surface area contributed by atoms with Gasteiger partial charge in [-0.2, -0.15) is 0 Å². The van der Waals surface area contributed by atoms with Crippen LogP contribution in [0, 0.1) is 6.92 Å². The van der Waals surface area contributed by atoms with E-state index >= 15 is 0 Å². The lowest BCUT2D eigenvalue weighted by molar-refractivity contribution is 1.41. The summed E-state index contributed by atoms with van der Waals surface area (Å²) in [4.78, 5) is 5.62. The van der Waals surface area contributed by atoms with Crippen LogP contribution in [0.25, 0.3) is 21.0 Å². The van der Waals surface area contributed by atoms with Crippen molar-refractivity contribution in [1.29, 1.82) is 0 Å². The van der Waals surface area contributed by atoms with Crippen molar-refractivity contribution >= 4 is 34.5 Å². The van der Waals surface area contributed by atoms with Crippen molar-refractivity contribution in [2.45, 2.75) is 6.92 Å². The van der Waals surface area contributed by atoms with Crippen molar-refractivity contribution in [1.82, 2.24) is 4.98 Å². The number of halogens is 2. The van der Waals surface area contributed by atoms with Crippen LogP contribution >= 0.6 is 34.5 Å². The smallest absolute Gasteiger partial charge is 0.123 e. The highest BCUT2D eigenvalue weighted by Gasteiger charge is 2.07. The number of thiazole rings is 1. The molecule has 0 aliphatic rings. The molecule has 3 aromatic rings. The number of nitrogens with zero attached hydrogens (tertiary/aromatic N) is 1. The Bertz CT molecular complexity index is 747. The first-order valence-corrected chi connectivity index (χ1v) is 7.69. The van der Waals surface area contributed by atoms with Gasteiger partial charge in [0.25, 0.3) is 0 Å². The number of rotatable bonds is 2. The van der Waals surface area contributed by atoms with Crippen molar-refractivity contribution in [3.63, 3.8) is 0 Å². The van der Waals surface area contributed by atoms with Gasteiger partial charge in [0, 0.05) is 21.8 Å². The van der Waals surface area contributed by atoms with Crippen molar-refractivity contribution in [3.05, 3.63) is 64.3 Å². The third kappa shape index (κ3) is 2.73. The van der Waals surface area contributed by atoms with Gasteiger partial charge in [-0.3, -0.25) is 0 Å². The topological polar surface area (TPSA) is 12.9 Å². The van der Waals surface area contributed by atoms with Gasteiger partial charge in [-0.1, -0.05) is 41.4 Å². The lowest BCUT2D eigenvalue weighted by Gasteiger charge is -2.01. The lowest BCUT2D eigenvalue weighted by Crippen LogP contribution is -1.77.